The zero-order valence-electron chi connectivity index (χ0n) is 16.4. The lowest BCUT2D eigenvalue weighted by Crippen LogP contribution is -2.35. The highest BCUT2D eigenvalue weighted by molar-refractivity contribution is 6.03. The average molecular weight is 395 g/mol. The Morgan fingerprint density at radius 2 is 1.83 bits per heavy atom. The standard InChI is InChI=1S/C21H21N3O5/c1-4-29-20(25)17-18(14-10-12-16(13-11-14)24(26)27)22-21(28-3)23(2)19(17)15-8-6-5-7-9-15/h5-13,18H,4H2,1-3H3. The van der Waals surface area contributed by atoms with E-state index < -0.39 is 16.9 Å². The number of nitro groups is 1. The van der Waals surface area contributed by atoms with Gasteiger partial charge in [-0.15, -0.1) is 0 Å². The molecule has 8 heteroatoms. The summed E-state index contributed by atoms with van der Waals surface area (Å²) in [5.74, 6) is -0.500. The van der Waals surface area contributed by atoms with E-state index in [1.165, 1.54) is 19.2 Å². The number of carbonyl (C=O) groups excluding carboxylic acids is 1. The van der Waals surface area contributed by atoms with Crippen LogP contribution >= 0.6 is 0 Å². The highest BCUT2D eigenvalue weighted by Gasteiger charge is 2.36. The highest BCUT2D eigenvalue weighted by Crippen LogP contribution is 2.39. The van der Waals surface area contributed by atoms with E-state index >= 15 is 0 Å². The molecule has 1 aliphatic heterocycles. The lowest BCUT2D eigenvalue weighted by Gasteiger charge is -2.32. The molecule has 1 aliphatic rings. The third kappa shape index (κ3) is 3.96. The molecule has 150 valence electrons. The minimum Gasteiger partial charge on any atom is -0.468 e. The molecule has 0 saturated carbocycles. The van der Waals surface area contributed by atoms with Gasteiger partial charge in [-0.25, -0.2) is 9.79 Å². The molecule has 1 unspecified atom stereocenters. The molecule has 0 radical (unpaired) electrons. The van der Waals surface area contributed by atoms with Crippen LogP contribution in [0.2, 0.25) is 0 Å². The van der Waals surface area contributed by atoms with Gasteiger partial charge in [0.25, 0.3) is 11.7 Å². The van der Waals surface area contributed by atoms with Crippen LogP contribution in [-0.2, 0) is 14.3 Å². The molecule has 0 saturated heterocycles. The summed E-state index contributed by atoms with van der Waals surface area (Å²) in [4.78, 5) is 29.8. The molecule has 1 atom stereocenters. The Morgan fingerprint density at radius 1 is 1.17 bits per heavy atom. The van der Waals surface area contributed by atoms with Crippen LogP contribution in [-0.4, -0.2) is 42.6 Å². The Morgan fingerprint density at radius 3 is 2.38 bits per heavy atom. The number of hydrogen-bond donors (Lipinski definition) is 0. The SMILES string of the molecule is CCOC(=O)C1=C(c2ccccc2)N(C)C(OC)=NC1c1ccc([N+](=O)[O-])cc1. The van der Waals surface area contributed by atoms with Crippen molar-refractivity contribution in [2.75, 3.05) is 20.8 Å². The topological polar surface area (TPSA) is 94.3 Å². The van der Waals surface area contributed by atoms with E-state index in [9.17, 15) is 14.9 Å². The number of non-ortho nitro benzene ring substituents is 1. The summed E-state index contributed by atoms with van der Waals surface area (Å²) < 4.78 is 10.8. The van der Waals surface area contributed by atoms with Crippen LogP contribution in [0.3, 0.4) is 0 Å². The molecule has 2 aromatic rings. The van der Waals surface area contributed by atoms with Crippen molar-refractivity contribution in [3.05, 3.63) is 81.4 Å². The van der Waals surface area contributed by atoms with E-state index in [0.717, 1.165) is 5.56 Å². The van der Waals surface area contributed by atoms with E-state index in [1.807, 2.05) is 30.3 Å². The Labute approximate surface area is 168 Å². The first-order valence-corrected chi connectivity index (χ1v) is 9.04. The van der Waals surface area contributed by atoms with Gasteiger partial charge in [0.05, 0.1) is 29.9 Å². The molecular formula is C21H21N3O5. The number of benzene rings is 2. The van der Waals surface area contributed by atoms with Gasteiger partial charge >= 0.3 is 5.97 Å². The molecule has 0 spiro atoms. The van der Waals surface area contributed by atoms with Crippen LogP contribution < -0.4 is 0 Å². The number of rotatable bonds is 5. The number of carbonyl (C=O) groups is 1. The van der Waals surface area contributed by atoms with Crippen molar-refractivity contribution in [2.45, 2.75) is 13.0 Å². The van der Waals surface area contributed by atoms with Gasteiger partial charge in [-0.3, -0.25) is 15.0 Å². The van der Waals surface area contributed by atoms with Crippen molar-refractivity contribution >= 4 is 23.4 Å². The van der Waals surface area contributed by atoms with Crippen molar-refractivity contribution < 1.29 is 19.2 Å². The zero-order chi connectivity index (χ0) is 21.0. The summed E-state index contributed by atoms with van der Waals surface area (Å²) in [6.45, 7) is 1.94. The lowest BCUT2D eigenvalue weighted by molar-refractivity contribution is -0.384. The fraction of sp³-hybridized carbons (Fsp3) is 0.238. The van der Waals surface area contributed by atoms with Gasteiger partial charge in [-0.1, -0.05) is 30.3 Å². The van der Waals surface area contributed by atoms with Crippen LogP contribution in [0.5, 0.6) is 0 Å². The lowest BCUT2D eigenvalue weighted by atomic mass is 9.92. The summed E-state index contributed by atoms with van der Waals surface area (Å²) in [7, 11) is 3.26. The summed E-state index contributed by atoms with van der Waals surface area (Å²) in [6.07, 6.45) is 0. The van der Waals surface area contributed by atoms with Crippen LogP contribution in [0.15, 0.2) is 65.2 Å². The molecule has 3 rings (SSSR count). The second kappa shape index (κ2) is 8.55. The Kier molecular flexibility index (Phi) is 5.92. The van der Waals surface area contributed by atoms with Crippen molar-refractivity contribution in [1.82, 2.24) is 4.90 Å². The minimum atomic E-state index is -0.726. The fourth-order valence-corrected chi connectivity index (χ4v) is 3.24. The molecule has 1 heterocycles. The van der Waals surface area contributed by atoms with Gasteiger partial charge < -0.3 is 9.47 Å². The molecular weight excluding hydrogens is 374 g/mol. The van der Waals surface area contributed by atoms with E-state index in [1.54, 1.807) is 31.0 Å². The van der Waals surface area contributed by atoms with Crippen LogP contribution in [0.4, 0.5) is 5.69 Å². The smallest absolute Gasteiger partial charge is 0.338 e. The predicted molar refractivity (Wildman–Crippen MR) is 108 cm³/mol. The second-order valence-corrected chi connectivity index (χ2v) is 6.27. The van der Waals surface area contributed by atoms with Gasteiger partial charge in [-0.2, -0.15) is 0 Å². The summed E-state index contributed by atoms with van der Waals surface area (Å²) >= 11 is 0. The summed E-state index contributed by atoms with van der Waals surface area (Å²) in [6, 6.07) is 15.0. The highest BCUT2D eigenvalue weighted by atomic mass is 16.6. The number of esters is 1. The zero-order valence-corrected chi connectivity index (χ0v) is 16.4. The first kappa shape index (κ1) is 20.1. The summed E-state index contributed by atoms with van der Waals surface area (Å²) in [5, 5.41) is 11.0. The third-order valence-electron chi connectivity index (χ3n) is 4.54. The third-order valence-corrected chi connectivity index (χ3v) is 4.54. The Bertz CT molecular complexity index is 968. The first-order chi connectivity index (χ1) is 14.0. The minimum absolute atomic E-state index is 0.0393. The van der Waals surface area contributed by atoms with Gasteiger partial charge in [0.15, 0.2) is 0 Å². The number of aliphatic imine (C=N–C) groups is 1. The van der Waals surface area contributed by atoms with E-state index in [2.05, 4.69) is 4.99 Å². The quantitative estimate of drug-likeness (QED) is 0.436. The van der Waals surface area contributed by atoms with Crippen LogP contribution in [0.25, 0.3) is 5.70 Å². The molecule has 0 N–H and O–H groups in total. The predicted octanol–water partition coefficient (Wildman–Crippen LogP) is 3.56. The van der Waals surface area contributed by atoms with Crippen molar-refractivity contribution in [1.29, 1.82) is 0 Å². The Hall–Kier alpha value is -3.68. The van der Waals surface area contributed by atoms with Gasteiger partial charge in [0.1, 0.15) is 6.04 Å². The average Bonchev–Trinajstić information content (AvgIpc) is 2.74. The van der Waals surface area contributed by atoms with Gasteiger partial charge in [0.2, 0.25) is 0 Å². The van der Waals surface area contributed by atoms with Crippen molar-refractivity contribution in [3.8, 4) is 0 Å². The van der Waals surface area contributed by atoms with Gasteiger partial charge in [0, 0.05) is 19.2 Å². The summed E-state index contributed by atoms with van der Waals surface area (Å²) in [5.41, 5.74) is 2.33. The van der Waals surface area contributed by atoms with E-state index in [0.29, 0.717) is 22.9 Å². The van der Waals surface area contributed by atoms with Gasteiger partial charge in [-0.05, 0) is 30.2 Å². The molecule has 0 aliphatic carbocycles. The maximum Gasteiger partial charge on any atom is 0.338 e. The maximum atomic E-state index is 13.0. The van der Waals surface area contributed by atoms with Crippen LogP contribution in [0, 0.1) is 10.1 Å². The van der Waals surface area contributed by atoms with Crippen molar-refractivity contribution in [2.24, 2.45) is 4.99 Å². The number of nitro benzene ring substituents is 1. The molecule has 29 heavy (non-hydrogen) atoms. The fourth-order valence-electron chi connectivity index (χ4n) is 3.24. The van der Waals surface area contributed by atoms with E-state index in [-0.39, 0.29) is 12.3 Å². The molecule has 0 bridgehead atoms. The van der Waals surface area contributed by atoms with Crippen molar-refractivity contribution in [3.63, 3.8) is 0 Å². The first-order valence-electron chi connectivity index (χ1n) is 9.04. The number of hydrogen-bond acceptors (Lipinski definition) is 7. The number of amidine groups is 1. The molecule has 2 aromatic carbocycles. The Balaban J connectivity index is 2.22. The molecule has 0 fully saturated rings. The largest absolute Gasteiger partial charge is 0.468 e. The molecule has 0 amide bonds. The maximum absolute atomic E-state index is 13.0. The molecule has 0 aromatic heterocycles. The molecule has 8 nitrogen and oxygen atoms in total. The normalized spacial score (nSPS) is 16.3. The number of ether oxygens (including phenoxy) is 2. The second-order valence-electron chi connectivity index (χ2n) is 6.27. The van der Waals surface area contributed by atoms with E-state index in [4.69, 9.17) is 9.47 Å². The van der Waals surface area contributed by atoms with Crippen LogP contribution in [0.1, 0.15) is 24.1 Å². The number of methoxy groups -OCH3 is 1. The number of nitrogens with zero attached hydrogens (tertiary/aromatic N) is 3. The monoisotopic (exact) mass is 395 g/mol.